The van der Waals surface area contributed by atoms with Crippen LogP contribution in [-0.2, 0) is 9.47 Å². The van der Waals surface area contributed by atoms with Crippen LogP contribution in [0.25, 0.3) is 10.8 Å². The number of benzene rings is 3. The molecule has 8 nitrogen and oxygen atoms in total. The van der Waals surface area contributed by atoms with Crippen LogP contribution in [0, 0.1) is 0 Å². The predicted molar refractivity (Wildman–Crippen MR) is 96.8 cm³/mol. The normalized spacial score (nSPS) is 12.4. The minimum Gasteiger partial charge on any atom is -0.478 e. The van der Waals surface area contributed by atoms with E-state index in [0.717, 1.165) is 6.07 Å². The molecule has 4 rings (SSSR count). The van der Waals surface area contributed by atoms with Crippen molar-refractivity contribution in [2.45, 2.75) is 0 Å². The van der Waals surface area contributed by atoms with E-state index >= 15 is 0 Å². The first-order chi connectivity index (χ1) is 13.9. The van der Waals surface area contributed by atoms with Gasteiger partial charge in [0.2, 0.25) is 0 Å². The van der Waals surface area contributed by atoms with Crippen molar-refractivity contribution >= 4 is 40.6 Å². The van der Waals surface area contributed by atoms with Gasteiger partial charge in [0.1, 0.15) is 0 Å². The zero-order valence-corrected chi connectivity index (χ0v) is 14.5. The summed E-state index contributed by atoms with van der Waals surface area (Å²) in [7, 11) is 0. The SMILES string of the molecule is O=C(OC(=O)c1cccc2cccc(C(=O)O)c12)c1ccc2c(c1)C(=O)OC2=O. The van der Waals surface area contributed by atoms with E-state index in [2.05, 4.69) is 4.74 Å². The molecule has 8 heteroatoms. The second-order valence-electron chi connectivity index (χ2n) is 6.13. The van der Waals surface area contributed by atoms with E-state index in [0.29, 0.717) is 5.39 Å². The van der Waals surface area contributed by atoms with Crippen LogP contribution < -0.4 is 0 Å². The molecule has 3 aromatic rings. The van der Waals surface area contributed by atoms with Crippen molar-refractivity contribution in [3.8, 4) is 0 Å². The number of esters is 4. The highest BCUT2D eigenvalue weighted by Gasteiger charge is 2.31. The predicted octanol–water partition coefficient (Wildman–Crippen LogP) is 2.85. The van der Waals surface area contributed by atoms with Crippen LogP contribution in [0.1, 0.15) is 51.8 Å². The molecule has 0 saturated carbocycles. The Morgan fingerprint density at radius 2 is 1.45 bits per heavy atom. The average Bonchev–Trinajstić information content (AvgIpc) is 3.00. The second kappa shape index (κ2) is 6.68. The number of carbonyl (C=O) groups is 5. The van der Waals surface area contributed by atoms with Gasteiger partial charge >= 0.3 is 29.8 Å². The van der Waals surface area contributed by atoms with Gasteiger partial charge in [0.15, 0.2) is 0 Å². The molecule has 0 unspecified atom stereocenters. The minimum absolute atomic E-state index is 0.0121. The third-order valence-corrected chi connectivity index (χ3v) is 4.42. The number of cyclic esters (lactones) is 2. The maximum absolute atomic E-state index is 12.6. The lowest BCUT2D eigenvalue weighted by atomic mass is 9.99. The second-order valence-corrected chi connectivity index (χ2v) is 6.13. The third-order valence-electron chi connectivity index (χ3n) is 4.42. The molecule has 1 aliphatic rings. The van der Waals surface area contributed by atoms with Crippen molar-refractivity contribution in [2.75, 3.05) is 0 Å². The van der Waals surface area contributed by atoms with E-state index in [4.69, 9.17) is 4.74 Å². The molecule has 0 radical (unpaired) electrons. The number of hydrogen-bond donors (Lipinski definition) is 1. The van der Waals surface area contributed by atoms with Gasteiger partial charge in [-0.3, -0.25) is 0 Å². The molecule has 0 bridgehead atoms. The molecule has 3 aromatic carbocycles. The highest BCUT2D eigenvalue weighted by molar-refractivity contribution is 6.17. The molecule has 0 atom stereocenters. The van der Waals surface area contributed by atoms with Gasteiger partial charge in [-0.05, 0) is 35.7 Å². The monoisotopic (exact) mass is 390 g/mol. The van der Waals surface area contributed by atoms with Crippen molar-refractivity contribution in [3.63, 3.8) is 0 Å². The number of hydrogen-bond acceptors (Lipinski definition) is 7. The summed E-state index contributed by atoms with van der Waals surface area (Å²) in [4.78, 5) is 59.6. The van der Waals surface area contributed by atoms with Gasteiger partial charge in [-0.2, -0.15) is 0 Å². The molecule has 1 N–H and O–H groups in total. The molecule has 142 valence electrons. The summed E-state index contributed by atoms with van der Waals surface area (Å²) in [5.41, 5.74) is -0.429. The molecule has 0 fully saturated rings. The van der Waals surface area contributed by atoms with Crippen LogP contribution in [0.3, 0.4) is 0 Å². The zero-order valence-electron chi connectivity index (χ0n) is 14.5. The Balaban J connectivity index is 1.68. The zero-order chi connectivity index (χ0) is 20.7. The average molecular weight is 390 g/mol. The summed E-state index contributed by atoms with van der Waals surface area (Å²) < 4.78 is 9.33. The van der Waals surface area contributed by atoms with Gasteiger partial charge in [0.05, 0.1) is 27.8 Å². The number of aromatic carboxylic acids is 1. The fourth-order valence-electron chi connectivity index (χ4n) is 3.10. The number of carboxylic acid groups (broad SMARTS) is 1. The molecule has 1 aliphatic heterocycles. The first-order valence-electron chi connectivity index (χ1n) is 8.29. The summed E-state index contributed by atoms with van der Waals surface area (Å²) in [5.74, 6) is -5.06. The third kappa shape index (κ3) is 3.02. The molecular formula is C21H10O8. The fraction of sp³-hybridized carbons (Fsp3) is 0. The summed E-state index contributed by atoms with van der Waals surface area (Å²) in [6, 6.07) is 12.6. The van der Waals surface area contributed by atoms with E-state index in [9.17, 15) is 29.1 Å². The molecule has 0 aromatic heterocycles. The topological polar surface area (TPSA) is 124 Å². The van der Waals surface area contributed by atoms with Gasteiger partial charge in [-0.25, -0.2) is 24.0 Å². The molecule has 0 saturated heterocycles. The smallest absolute Gasteiger partial charge is 0.346 e. The number of ether oxygens (including phenoxy) is 2. The summed E-state index contributed by atoms with van der Waals surface area (Å²) in [5, 5.41) is 10.0. The van der Waals surface area contributed by atoms with Crippen LogP contribution in [0.4, 0.5) is 0 Å². The summed E-state index contributed by atoms with van der Waals surface area (Å²) in [6.07, 6.45) is 0. The lowest BCUT2D eigenvalue weighted by Crippen LogP contribution is -2.14. The van der Waals surface area contributed by atoms with E-state index in [1.165, 1.54) is 36.4 Å². The molecule has 0 aliphatic carbocycles. The standard InChI is InChI=1S/C21H10O8/c22-17(23)13-5-1-3-10-4-2-6-14(16(10)13)20(26)28-18(24)11-7-8-12-15(9-11)21(27)29-19(12)25/h1-9H,(H,22,23). The number of carbonyl (C=O) groups excluding carboxylic acids is 4. The Bertz CT molecular complexity index is 1250. The first-order valence-corrected chi connectivity index (χ1v) is 8.29. The summed E-state index contributed by atoms with van der Waals surface area (Å²) >= 11 is 0. The van der Waals surface area contributed by atoms with E-state index in [-0.39, 0.29) is 33.2 Å². The largest absolute Gasteiger partial charge is 0.478 e. The Hall–Kier alpha value is -4.33. The van der Waals surface area contributed by atoms with Crippen molar-refractivity contribution in [3.05, 3.63) is 82.4 Å². The van der Waals surface area contributed by atoms with Gasteiger partial charge in [-0.1, -0.05) is 24.3 Å². The van der Waals surface area contributed by atoms with Crippen molar-refractivity contribution in [1.82, 2.24) is 0 Å². The van der Waals surface area contributed by atoms with Crippen LogP contribution in [0.15, 0.2) is 54.6 Å². The Morgan fingerprint density at radius 1 is 0.793 bits per heavy atom. The highest BCUT2D eigenvalue weighted by atomic mass is 16.6. The fourth-order valence-corrected chi connectivity index (χ4v) is 3.10. The van der Waals surface area contributed by atoms with Crippen molar-refractivity contribution < 1.29 is 38.6 Å². The molecule has 0 amide bonds. The van der Waals surface area contributed by atoms with Crippen LogP contribution in [-0.4, -0.2) is 35.0 Å². The van der Waals surface area contributed by atoms with E-state index in [1.807, 2.05) is 0 Å². The van der Waals surface area contributed by atoms with Crippen LogP contribution in [0.2, 0.25) is 0 Å². The number of fused-ring (bicyclic) bond motifs is 2. The van der Waals surface area contributed by atoms with Crippen LogP contribution in [0.5, 0.6) is 0 Å². The Kier molecular flexibility index (Phi) is 4.16. The quantitative estimate of drug-likeness (QED) is 0.535. The van der Waals surface area contributed by atoms with Crippen molar-refractivity contribution in [2.24, 2.45) is 0 Å². The van der Waals surface area contributed by atoms with E-state index < -0.39 is 29.8 Å². The minimum atomic E-state index is -1.23. The van der Waals surface area contributed by atoms with Gasteiger partial charge in [0.25, 0.3) is 0 Å². The Labute approximate surface area is 162 Å². The van der Waals surface area contributed by atoms with Crippen LogP contribution >= 0.6 is 0 Å². The maximum Gasteiger partial charge on any atom is 0.346 e. The molecule has 29 heavy (non-hydrogen) atoms. The molecule has 0 spiro atoms. The van der Waals surface area contributed by atoms with Gasteiger partial charge in [0, 0.05) is 5.39 Å². The molecular weight excluding hydrogens is 380 g/mol. The van der Waals surface area contributed by atoms with Gasteiger partial charge < -0.3 is 14.6 Å². The lowest BCUT2D eigenvalue weighted by Gasteiger charge is -2.09. The number of rotatable bonds is 3. The van der Waals surface area contributed by atoms with Crippen molar-refractivity contribution in [1.29, 1.82) is 0 Å². The highest BCUT2D eigenvalue weighted by Crippen LogP contribution is 2.25. The number of carboxylic acids is 1. The van der Waals surface area contributed by atoms with E-state index in [1.54, 1.807) is 12.1 Å². The Morgan fingerprint density at radius 3 is 2.14 bits per heavy atom. The summed E-state index contributed by atoms with van der Waals surface area (Å²) in [6.45, 7) is 0. The maximum atomic E-state index is 12.6. The van der Waals surface area contributed by atoms with Gasteiger partial charge in [-0.15, -0.1) is 0 Å². The first kappa shape index (κ1) is 18.1. The lowest BCUT2D eigenvalue weighted by molar-refractivity contribution is 0.0394. The molecule has 1 heterocycles.